The number of amidine groups is 1. The number of hydrogen-bond acceptors (Lipinski definition) is 4. The minimum absolute atomic E-state index is 0.766. The molecule has 1 fully saturated rings. The normalized spacial score (nSPS) is 18.0. The molecule has 1 saturated heterocycles. The van der Waals surface area contributed by atoms with E-state index in [0.717, 1.165) is 55.8 Å². The lowest BCUT2D eigenvalue weighted by molar-refractivity contribution is 0.0674. The summed E-state index contributed by atoms with van der Waals surface area (Å²) in [5.74, 6) is 2.13. The van der Waals surface area contributed by atoms with Crippen molar-refractivity contribution in [2.75, 3.05) is 26.3 Å². The smallest absolute Gasteiger partial charge is 0.120 e. The largest absolute Gasteiger partial charge is 0.378 e. The summed E-state index contributed by atoms with van der Waals surface area (Å²) in [6, 6.07) is 8.22. The zero-order chi connectivity index (χ0) is 13.4. The summed E-state index contributed by atoms with van der Waals surface area (Å²) in [6.45, 7) is 3.35. The van der Waals surface area contributed by atoms with Gasteiger partial charge in [-0.25, -0.2) is 9.98 Å². The number of para-hydroxylation sites is 2. The molecular weight excluding hydrogens is 252 g/mol. The SMILES string of the molecule is c1ccc2c(c1)N=C(N1CCOCC1)Cc1nccn1-2. The average Bonchev–Trinajstić information content (AvgIpc) is 2.90. The maximum Gasteiger partial charge on any atom is 0.120 e. The first-order valence-electron chi connectivity index (χ1n) is 6.94. The van der Waals surface area contributed by atoms with E-state index < -0.39 is 0 Å². The van der Waals surface area contributed by atoms with Crippen molar-refractivity contribution in [2.45, 2.75) is 6.42 Å². The Kier molecular flexibility index (Phi) is 2.77. The van der Waals surface area contributed by atoms with E-state index in [1.165, 1.54) is 0 Å². The fourth-order valence-electron chi connectivity index (χ4n) is 2.77. The van der Waals surface area contributed by atoms with Crippen LogP contribution in [-0.2, 0) is 11.2 Å². The molecule has 0 aliphatic carbocycles. The van der Waals surface area contributed by atoms with Gasteiger partial charge in [-0.1, -0.05) is 12.1 Å². The Morgan fingerprint density at radius 1 is 1.10 bits per heavy atom. The van der Waals surface area contributed by atoms with E-state index >= 15 is 0 Å². The van der Waals surface area contributed by atoms with E-state index in [9.17, 15) is 0 Å². The maximum absolute atomic E-state index is 5.43. The van der Waals surface area contributed by atoms with Crippen LogP contribution < -0.4 is 0 Å². The molecule has 5 nitrogen and oxygen atoms in total. The van der Waals surface area contributed by atoms with Crippen LogP contribution in [0.2, 0.25) is 0 Å². The molecule has 20 heavy (non-hydrogen) atoms. The lowest BCUT2D eigenvalue weighted by Crippen LogP contribution is -2.41. The Hall–Kier alpha value is -2.14. The third-order valence-electron chi connectivity index (χ3n) is 3.80. The Labute approximate surface area is 117 Å². The van der Waals surface area contributed by atoms with E-state index in [0.29, 0.717) is 0 Å². The van der Waals surface area contributed by atoms with Gasteiger partial charge in [-0.15, -0.1) is 0 Å². The molecule has 0 saturated carbocycles. The van der Waals surface area contributed by atoms with Gasteiger partial charge in [0.25, 0.3) is 0 Å². The second-order valence-corrected chi connectivity index (χ2v) is 5.01. The molecule has 0 spiro atoms. The van der Waals surface area contributed by atoms with E-state index in [1.807, 2.05) is 24.5 Å². The molecule has 0 radical (unpaired) electrons. The fourth-order valence-corrected chi connectivity index (χ4v) is 2.77. The molecule has 0 bridgehead atoms. The van der Waals surface area contributed by atoms with Crippen LogP contribution >= 0.6 is 0 Å². The van der Waals surface area contributed by atoms with Crippen LogP contribution in [0, 0.1) is 0 Å². The number of nitrogens with zero attached hydrogens (tertiary/aromatic N) is 4. The highest BCUT2D eigenvalue weighted by molar-refractivity contribution is 5.88. The number of aromatic nitrogens is 2. The standard InChI is InChI=1S/C15H16N4O/c1-2-4-13-12(3-1)17-15(18-7-9-20-10-8-18)11-14-16-5-6-19(13)14/h1-6H,7-11H2. The summed E-state index contributed by atoms with van der Waals surface area (Å²) in [5, 5.41) is 0. The minimum atomic E-state index is 0.766. The van der Waals surface area contributed by atoms with Crippen LogP contribution in [0.5, 0.6) is 0 Å². The van der Waals surface area contributed by atoms with Crippen molar-refractivity contribution in [1.82, 2.24) is 14.5 Å². The number of aliphatic imine (C=N–C) groups is 1. The lowest BCUT2D eigenvalue weighted by Gasteiger charge is -2.29. The summed E-state index contributed by atoms with van der Waals surface area (Å²) < 4.78 is 7.56. The Morgan fingerprint density at radius 2 is 1.95 bits per heavy atom. The van der Waals surface area contributed by atoms with Gasteiger partial charge in [-0.05, 0) is 12.1 Å². The molecule has 2 aliphatic heterocycles. The van der Waals surface area contributed by atoms with E-state index in [4.69, 9.17) is 9.73 Å². The molecule has 102 valence electrons. The van der Waals surface area contributed by atoms with E-state index in [-0.39, 0.29) is 0 Å². The zero-order valence-electron chi connectivity index (χ0n) is 11.2. The molecular formula is C15H16N4O. The quantitative estimate of drug-likeness (QED) is 0.731. The number of benzene rings is 1. The van der Waals surface area contributed by atoms with E-state index in [1.54, 1.807) is 0 Å². The Bertz CT molecular complexity index is 655. The van der Waals surface area contributed by atoms with Gasteiger partial charge in [0, 0.05) is 25.5 Å². The second-order valence-electron chi connectivity index (χ2n) is 5.01. The van der Waals surface area contributed by atoms with Crippen molar-refractivity contribution in [3.63, 3.8) is 0 Å². The fraction of sp³-hybridized carbons (Fsp3) is 0.333. The summed E-state index contributed by atoms with van der Waals surface area (Å²) in [5.41, 5.74) is 2.11. The molecule has 0 atom stereocenters. The summed E-state index contributed by atoms with van der Waals surface area (Å²) in [6.07, 6.45) is 4.63. The number of imidazole rings is 1. The topological polar surface area (TPSA) is 42.6 Å². The monoisotopic (exact) mass is 268 g/mol. The molecule has 4 rings (SSSR count). The third-order valence-corrected chi connectivity index (χ3v) is 3.80. The number of hydrogen-bond donors (Lipinski definition) is 0. The highest BCUT2D eigenvalue weighted by atomic mass is 16.5. The van der Waals surface area contributed by atoms with Crippen molar-refractivity contribution in [3.8, 4) is 5.69 Å². The van der Waals surface area contributed by atoms with Crippen molar-refractivity contribution in [2.24, 2.45) is 4.99 Å². The molecule has 2 aromatic rings. The van der Waals surface area contributed by atoms with Crippen LogP contribution in [0.15, 0.2) is 41.7 Å². The summed E-state index contributed by atoms with van der Waals surface area (Å²) >= 11 is 0. The second kappa shape index (κ2) is 4.76. The van der Waals surface area contributed by atoms with Gasteiger partial charge in [0.1, 0.15) is 11.7 Å². The maximum atomic E-state index is 5.43. The molecule has 0 N–H and O–H groups in total. The number of fused-ring (bicyclic) bond motifs is 3. The van der Waals surface area contributed by atoms with Gasteiger partial charge < -0.3 is 14.2 Å². The van der Waals surface area contributed by atoms with Crippen LogP contribution in [0.25, 0.3) is 5.69 Å². The summed E-state index contributed by atoms with van der Waals surface area (Å²) in [4.78, 5) is 11.7. The molecule has 2 aliphatic rings. The van der Waals surface area contributed by atoms with Crippen LogP contribution in [0.4, 0.5) is 5.69 Å². The zero-order valence-corrected chi connectivity index (χ0v) is 11.2. The van der Waals surface area contributed by atoms with E-state index in [2.05, 4.69) is 26.6 Å². The van der Waals surface area contributed by atoms with Gasteiger partial charge in [0.15, 0.2) is 0 Å². The molecule has 3 heterocycles. The van der Waals surface area contributed by atoms with Gasteiger partial charge in [0.2, 0.25) is 0 Å². The molecule has 5 heteroatoms. The number of rotatable bonds is 0. The first kappa shape index (κ1) is 11.7. The Balaban J connectivity index is 1.81. The highest BCUT2D eigenvalue weighted by Crippen LogP contribution is 2.28. The molecule has 0 amide bonds. The number of ether oxygens (including phenoxy) is 1. The van der Waals surface area contributed by atoms with Crippen molar-refractivity contribution >= 4 is 11.5 Å². The minimum Gasteiger partial charge on any atom is -0.378 e. The first-order chi connectivity index (χ1) is 9.92. The third kappa shape index (κ3) is 1.91. The number of morpholine rings is 1. The van der Waals surface area contributed by atoms with Gasteiger partial charge in [-0.3, -0.25) is 0 Å². The lowest BCUT2D eigenvalue weighted by atomic mass is 10.2. The average molecular weight is 268 g/mol. The van der Waals surface area contributed by atoms with Gasteiger partial charge >= 0.3 is 0 Å². The van der Waals surface area contributed by atoms with Crippen molar-refractivity contribution < 1.29 is 4.74 Å². The first-order valence-corrected chi connectivity index (χ1v) is 6.94. The molecule has 0 unspecified atom stereocenters. The van der Waals surface area contributed by atoms with Crippen molar-refractivity contribution in [1.29, 1.82) is 0 Å². The van der Waals surface area contributed by atoms with Crippen LogP contribution in [0.1, 0.15) is 5.82 Å². The highest BCUT2D eigenvalue weighted by Gasteiger charge is 2.21. The van der Waals surface area contributed by atoms with Gasteiger partial charge in [-0.2, -0.15) is 0 Å². The molecule has 1 aromatic heterocycles. The van der Waals surface area contributed by atoms with Crippen LogP contribution in [-0.4, -0.2) is 46.6 Å². The predicted octanol–water partition coefficient (Wildman–Crippen LogP) is 1.79. The Morgan fingerprint density at radius 3 is 2.85 bits per heavy atom. The van der Waals surface area contributed by atoms with Crippen LogP contribution in [0.3, 0.4) is 0 Å². The summed E-state index contributed by atoms with van der Waals surface area (Å²) in [7, 11) is 0. The van der Waals surface area contributed by atoms with Crippen molar-refractivity contribution in [3.05, 3.63) is 42.5 Å². The molecule has 1 aromatic carbocycles. The predicted molar refractivity (Wildman–Crippen MR) is 76.8 cm³/mol. The van der Waals surface area contributed by atoms with Gasteiger partial charge in [0.05, 0.1) is 31.0 Å².